The molecule has 126 valence electrons. The molecule has 2 N–H and O–H groups in total. The number of rotatable bonds is 3. The number of amides is 1. The van der Waals surface area contributed by atoms with Crippen LogP contribution in [0.4, 0.5) is 11.4 Å². The molecule has 0 aliphatic carbocycles. The summed E-state index contributed by atoms with van der Waals surface area (Å²) in [4.78, 5) is 16.9. The Bertz CT molecular complexity index is 553. The van der Waals surface area contributed by atoms with Gasteiger partial charge in [-0.2, -0.15) is 0 Å². The summed E-state index contributed by atoms with van der Waals surface area (Å²) in [6.45, 7) is 5.09. The van der Waals surface area contributed by atoms with Gasteiger partial charge in [0.25, 0.3) is 0 Å². The van der Waals surface area contributed by atoms with Crippen molar-refractivity contribution in [1.82, 2.24) is 4.90 Å². The molecule has 2 aliphatic rings. The van der Waals surface area contributed by atoms with Crippen molar-refractivity contribution in [2.45, 2.75) is 45.1 Å². The van der Waals surface area contributed by atoms with Gasteiger partial charge in [0.1, 0.15) is 11.9 Å². The number of ether oxygens (including phenoxy) is 1. The van der Waals surface area contributed by atoms with Crippen molar-refractivity contribution in [3.63, 3.8) is 0 Å². The normalized spacial score (nSPS) is 21.3. The monoisotopic (exact) mass is 317 g/mol. The number of hydrogen-bond acceptors (Lipinski definition) is 4. The Morgan fingerprint density at radius 3 is 2.70 bits per heavy atom. The highest BCUT2D eigenvalue weighted by molar-refractivity contribution is 5.83. The van der Waals surface area contributed by atoms with Crippen molar-refractivity contribution < 1.29 is 9.53 Å². The minimum absolute atomic E-state index is 0.112. The Labute approximate surface area is 138 Å². The van der Waals surface area contributed by atoms with Crippen LogP contribution in [0, 0.1) is 0 Å². The summed E-state index contributed by atoms with van der Waals surface area (Å²) in [5.41, 5.74) is 7.55. The third-order valence-corrected chi connectivity index (χ3v) is 4.78. The fourth-order valence-electron chi connectivity index (χ4n) is 3.39. The number of carbonyl (C=O) groups excluding carboxylic acids is 1. The molecule has 1 amide bonds. The van der Waals surface area contributed by atoms with E-state index >= 15 is 0 Å². The van der Waals surface area contributed by atoms with E-state index in [0.29, 0.717) is 12.2 Å². The fourth-order valence-corrected chi connectivity index (χ4v) is 3.39. The Morgan fingerprint density at radius 1 is 1.26 bits per heavy atom. The van der Waals surface area contributed by atoms with Gasteiger partial charge in [0.2, 0.25) is 5.91 Å². The van der Waals surface area contributed by atoms with Crippen LogP contribution in [0.2, 0.25) is 0 Å². The Kier molecular flexibility index (Phi) is 4.94. The molecular formula is C18H27N3O2. The Balaban J connectivity index is 1.74. The van der Waals surface area contributed by atoms with Crippen LogP contribution < -0.4 is 15.4 Å². The van der Waals surface area contributed by atoms with E-state index in [2.05, 4.69) is 11.8 Å². The largest absolute Gasteiger partial charge is 0.486 e. The highest BCUT2D eigenvalue weighted by Crippen LogP contribution is 2.35. The van der Waals surface area contributed by atoms with Crippen LogP contribution in [-0.2, 0) is 4.79 Å². The van der Waals surface area contributed by atoms with Crippen molar-refractivity contribution in [1.29, 1.82) is 0 Å². The molecule has 0 spiro atoms. The van der Waals surface area contributed by atoms with E-state index in [9.17, 15) is 4.79 Å². The molecule has 0 saturated carbocycles. The van der Waals surface area contributed by atoms with E-state index < -0.39 is 0 Å². The molecule has 5 heteroatoms. The third kappa shape index (κ3) is 3.71. The van der Waals surface area contributed by atoms with Crippen LogP contribution in [0.5, 0.6) is 5.75 Å². The third-order valence-electron chi connectivity index (χ3n) is 4.78. The molecule has 1 atom stereocenters. The van der Waals surface area contributed by atoms with Gasteiger partial charge in [-0.3, -0.25) is 4.79 Å². The lowest BCUT2D eigenvalue weighted by Crippen LogP contribution is -2.46. The molecule has 2 aliphatic heterocycles. The highest BCUT2D eigenvalue weighted by atomic mass is 16.5. The first-order valence-electron chi connectivity index (χ1n) is 8.76. The second kappa shape index (κ2) is 7.11. The molecule has 0 bridgehead atoms. The van der Waals surface area contributed by atoms with Crippen molar-refractivity contribution in [3.05, 3.63) is 18.2 Å². The quantitative estimate of drug-likeness (QED) is 0.871. The maximum atomic E-state index is 12.7. The lowest BCUT2D eigenvalue weighted by Gasteiger charge is -2.36. The number of nitrogens with zero attached hydrogens (tertiary/aromatic N) is 2. The van der Waals surface area contributed by atoms with Crippen LogP contribution in [0.3, 0.4) is 0 Å². The standard InChI is InChI=1S/C18H27N3O2/c1-2-15-12-21(16-8-7-14(19)11-17(16)23-15)13-18(22)20-9-5-3-4-6-10-20/h7-8,11,15H,2-6,9-10,12-13,19H2,1H3. The Morgan fingerprint density at radius 2 is 2.00 bits per heavy atom. The predicted octanol–water partition coefficient (Wildman–Crippen LogP) is 2.65. The summed E-state index contributed by atoms with van der Waals surface area (Å²) in [7, 11) is 0. The molecule has 1 fully saturated rings. The molecular weight excluding hydrogens is 290 g/mol. The molecule has 0 aromatic heterocycles. The van der Waals surface area contributed by atoms with E-state index in [1.165, 1.54) is 12.8 Å². The molecule has 3 rings (SSSR count). The molecule has 1 saturated heterocycles. The number of nitrogens with two attached hydrogens (primary N) is 1. The molecule has 2 heterocycles. The van der Waals surface area contributed by atoms with Crippen LogP contribution in [0.15, 0.2) is 18.2 Å². The summed E-state index contributed by atoms with van der Waals surface area (Å²) in [5.74, 6) is 1.03. The lowest BCUT2D eigenvalue weighted by atomic mass is 10.1. The topological polar surface area (TPSA) is 58.8 Å². The highest BCUT2D eigenvalue weighted by Gasteiger charge is 2.27. The number of likely N-dealkylation sites (tertiary alicyclic amines) is 1. The predicted molar refractivity (Wildman–Crippen MR) is 92.8 cm³/mol. The number of benzene rings is 1. The number of nitrogen functional groups attached to an aromatic ring is 1. The molecule has 1 aromatic carbocycles. The second-order valence-electron chi connectivity index (χ2n) is 6.55. The number of hydrogen-bond donors (Lipinski definition) is 1. The second-order valence-corrected chi connectivity index (χ2v) is 6.55. The number of carbonyl (C=O) groups is 1. The van der Waals surface area contributed by atoms with Gasteiger partial charge in [0, 0.05) is 24.8 Å². The van der Waals surface area contributed by atoms with Crippen molar-refractivity contribution in [2.24, 2.45) is 0 Å². The zero-order valence-electron chi connectivity index (χ0n) is 14.0. The van der Waals surface area contributed by atoms with Gasteiger partial charge < -0.3 is 20.3 Å². The van der Waals surface area contributed by atoms with E-state index in [1.54, 1.807) is 0 Å². The first kappa shape index (κ1) is 16.0. The van der Waals surface area contributed by atoms with Gasteiger partial charge in [-0.15, -0.1) is 0 Å². The van der Waals surface area contributed by atoms with Gasteiger partial charge in [-0.25, -0.2) is 0 Å². The van der Waals surface area contributed by atoms with Crippen LogP contribution in [0.1, 0.15) is 39.0 Å². The smallest absolute Gasteiger partial charge is 0.242 e. The minimum Gasteiger partial charge on any atom is -0.486 e. The molecule has 0 radical (unpaired) electrons. The van der Waals surface area contributed by atoms with E-state index in [4.69, 9.17) is 10.5 Å². The van der Waals surface area contributed by atoms with Crippen LogP contribution >= 0.6 is 0 Å². The molecule has 23 heavy (non-hydrogen) atoms. The summed E-state index contributed by atoms with van der Waals surface area (Å²) in [5, 5.41) is 0. The zero-order chi connectivity index (χ0) is 16.2. The number of fused-ring (bicyclic) bond motifs is 1. The van der Waals surface area contributed by atoms with Crippen LogP contribution in [0.25, 0.3) is 0 Å². The van der Waals surface area contributed by atoms with Crippen molar-refractivity contribution in [2.75, 3.05) is 36.8 Å². The average Bonchev–Trinajstić information content (AvgIpc) is 2.83. The lowest BCUT2D eigenvalue weighted by molar-refractivity contribution is -0.129. The molecule has 5 nitrogen and oxygen atoms in total. The summed E-state index contributed by atoms with van der Waals surface area (Å²) in [6, 6.07) is 5.70. The van der Waals surface area contributed by atoms with Crippen LogP contribution in [-0.4, -0.2) is 43.1 Å². The van der Waals surface area contributed by atoms with E-state index in [-0.39, 0.29) is 12.0 Å². The van der Waals surface area contributed by atoms with Gasteiger partial charge in [-0.1, -0.05) is 19.8 Å². The van der Waals surface area contributed by atoms with Crippen molar-refractivity contribution >= 4 is 17.3 Å². The first-order chi connectivity index (χ1) is 11.2. The average molecular weight is 317 g/mol. The van der Waals surface area contributed by atoms with Gasteiger partial charge >= 0.3 is 0 Å². The van der Waals surface area contributed by atoms with Crippen molar-refractivity contribution in [3.8, 4) is 5.75 Å². The molecule has 1 aromatic rings. The summed E-state index contributed by atoms with van der Waals surface area (Å²) >= 11 is 0. The maximum absolute atomic E-state index is 12.7. The summed E-state index contributed by atoms with van der Waals surface area (Å²) < 4.78 is 5.99. The maximum Gasteiger partial charge on any atom is 0.242 e. The zero-order valence-corrected chi connectivity index (χ0v) is 14.0. The fraction of sp³-hybridized carbons (Fsp3) is 0.611. The van der Waals surface area contributed by atoms with Gasteiger partial charge in [-0.05, 0) is 31.4 Å². The Hall–Kier alpha value is -1.91. The molecule has 1 unspecified atom stereocenters. The van der Waals surface area contributed by atoms with Gasteiger partial charge in [0.05, 0.1) is 18.8 Å². The van der Waals surface area contributed by atoms with E-state index in [1.807, 2.05) is 23.1 Å². The number of anilines is 2. The van der Waals surface area contributed by atoms with E-state index in [0.717, 1.165) is 50.3 Å². The minimum atomic E-state index is 0.112. The first-order valence-corrected chi connectivity index (χ1v) is 8.76. The summed E-state index contributed by atoms with van der Waals surface area (Å²) in [6.07, 6.45) is 5.76. The van der Waals surface area contributed by atoms with Gasteiger partial charge in [0.15, 0.2) is 0 Å². The SMILES string of the molecule is CCC1CN(CC(=O)N2CCCCCC2)c2ccc(N)cc2O1.